The molecule has 1 aliphatic rings. The summed E-state index contributed by atoms with van der Waals surface area (Å²) in [5, 5.41) is 19.7. The molecular formula is C21H23N3OS. The lowest BCUT2D eigenvalue weighted by atomic mass is 10.1. The highest BCUT2D eigenvalue weighted by molar-refractivity contribution is 7.14. The van der Waals surface area contributed by atoms with Crippen molar-refractivity contribution >= 4 is 11.3 Å². The number of ether oxygens (including phenoxy) is 1. The topological polar surface area (TPSA) is 58.8 Å². The van der Waals surface area contributed by atoms with E-state index in [-0.39, 0.29) is 6.10 Å². The van der Waals surface area contributed by atoms with Crippen molar-refractivity contribution in [2.24, 2.45) is 0 Å². The van der Waals surface area contributed by atoms with Crippen LogP contribution in [0.3, 0.4) is 0 Å². The molecule has 0 N–H and O–H groups in total. The summed E-state index contributed by atoms with van der Waals surface area (Å²) in [4.78, 5) is 0. The first-order valence-electron chi connectivity index (χ1n) is 9.04. The van der Waals surface area contributed by atoms with Gasteiger partial charge in [-0.05, 0) is 57.7 Å². The van der Waals surface area contributed by atoms with Crippen molar-refractivity contribution in [1.29, 1.82) is 5.26 Å². The number of hydrogen-bond acceptors (Lipinski definition) is 5. The summed E-state index contributed by atoms with van der Waals surface area (Å²) in [5.74, 6) is 0.610. The Labute approximate surface area is 158 Å². The number of benzene rings is 1. The van der Waals surface area contributed by atoms with Gasteiger partial charge in [-0.2, -0.15) is 5.26 Å². The second kappa shape index (κ2) is 8.77. The van der Waals surface area contributed by atoms with Gasteiger partial charge in [0.1, 0.15) is 21.8 Å². The minimum absolute atomic E-state index is 0.0343. The van der Waals surface area contributed by atoms with Gasteiger partial charge in [0.2, 0.25) is 0 Å². The third-order valence-electron chi connectivity index (χ3n) is 4.18. The molecule has 0 unspecified atom stereocenters. The molecule has 5 heteroatoms. The second-order valence-electron chi connectivity index (χ2n) is 6.65. The SMILES string of the molecule is CC(C)Oc1ccc(-c2nnc(C/C=C\C=C3CCCC3)s2)cc1C#N. The van der Waals surface area contributed by atoms with Gasteiger partial charge in [0.05, 0.1) is 11.7 Å². The first-order chi connectivity index (χ1) is 12.7. The molecule has 1 saturated carbocycles. The fourth-order valence-electron chi connectivity index (χ4n) is 2.93. The van der Waals surface area contributed by atoms with Gasteiger partial charge < -0.3 is 4.74 Å². The van der Waals surface area contributed by atoms with Crippen LogP contribution in [0.15, 0.2) is 42.0 Å². The molecule has 1 aromatic heterocycles. The first-order valence-corrected chi connectivity index (χ1v) is 9.85. The van der Waals surface area contributed by atoms with Crippen LogP contribution in [0.2, 0.25) is 0 Å². The number of aromatic nitrogens is 2. The maximum absolute atomic E-state index is 9.36. The maximum atomic E-state index is 9.36. The third kappa shape index (κ3) is 4.80. The zero-order chi connectivity index (χ0) is 18.4. The standard InChI is InChI=1S/C21H23N3OS/c1-15(2)25-19-12-11-17(13-18(19)14-22)21-24-23-20(26-21)10-6-5-9-16-7-3-4-8-16/h5-6,9,11-13,15H,3-4,7-8,10H2,1-2H3/b6-5-. The van der Waals surface area contributed by atoms with Gasteiger partial charge >= 0.3 is 0 Å². The zero-order valence-electron chi connectivity index (χ0n) is 15.2. The van der Waals surface area contributed by atoms with Crippen LogP contribution in [-0.4, -0.2) is 16.3 Å². The number of nitriles is 1. The fraction of sp³-hybridized carbons (Fsp3) is 0.381. The maximum Gasteiger partial charge on any atom is 0.147 e. The van der Waals surface area contributed by atoms with E-state index in [4.69, 9.17) is 4.74 Å². The van der Waals surface area contributed by atoms with E-state index in [9.17, 15) is 5.26 Å². The lowest BCUT2D eigenvalue weighted by Crippen LogP contribution is -2.06. The van der Waals surface area contributed by atoms with E-state index in [1.165, 1.54) is 25.7 Å². The Kier molecular flexibility index (Phi) is 6.19. The van der Waals surface area contributed by atoms with Crippen LogP contribution in [0.5, 0.6) is 5.75 Å². The molecule has 1 aromatic carbocycles. The average molecular weight is 366 g/mol. The first kappa shape index (κ1) is 18.3. The van der Waals surface area contributed by atoms with Crippen LogP contribution < -0.4 is 4.74 Å². The van der Waals surface area contributed by atoms with E-state index in [1.54, 1.807) is 16.9 Å². The molecule has 2 aromatic rings. The van der Waals surface area contributed by atoms with Crippen LogP contribution in [0, 0.1) is 11.3 Å². The Hall–Kier alpha value is -2.45. The van der Waals surface area contributed by atoms with E-state index in [0.717, 1.165) is 22.0 Å². The van der Waals surface area contributed by atoms with Gasteiger partial charge in [-0.3, -0.25) is 0 Å². The lowest BCUT2D eigenvalue weighted by molar-refractivity contribution is 0.242. The second-order valence-corrected chi connectivity index (χ2v) is 7.72. The minimum Gasteiger partial charge on any atom is -0.490 e. The summed E-state index contributed by atoms with van der Waals surface area (Å²) in [6.07, 6.45) is 12.4. The molecule has 26 heavy (non-hydrogen) atoms. The Bertz CT molecular complexity index is 850. The predicted octanol–water partition coefficient (Wildman–Crippen LogP) is 5.46. The van der Waals surface area contributed by atoms with Gasteiger partial charge in [0, 0.05) is 12.0 Å². The zero-order valence-corrected chi connectivity index (χ0v) is 16.1. The van der Waals surface area contributed by atoms with E-state index in [2.05, 4.69) is 34.5 Å². The Morgan fingerprint density at radius 3 is 2.81 bits per heavy atom. The highest BCUT2D eigenvalue weighted by atomic mass is 32.1. The van der Waals surface area contributed by atoms with E-state index < -0.39 is 0 Å². The number of rotatable bonds is 6. The molecule has 0 atom stereocenters. The molecule has 4 nitrogen and oxygen atoms in total. The number of nitrogens with zero attached hydrogens (tertiary/aromatic N) is 3. The summed E-state index contributed by atoms with van der Waals surface area (Å²) in [6.45, 7) is 3.89. The monoisotopic (exact) mass is 365 g/mol. The summed E-state index contributed by atoms with van der Waals surface area (Å²) >= 11 is 1.56. The number of allylic oxidation sites excluding steroid dienone is 4. The Morgan fingerprint density at radius 1 is 1.27 bits per heavy atom. The van der Waals surface area contributed by atoms with Crippen molar-refractivity contribution < 1.29 is 4.74 Å². The van der Waals surface area contributed by atoms with Crippen molar-refractivity contribution in [2.75, 3.05) is 0 Å². The highest BCUT2D eigenvalue weighted by Gasteiger charge is 2.11. The molecule has 0 radical (unpaired) electrons. The Balaban J connectivity index is 1.68. The van der Waals surface area contributed by atoms with Crippen LogP contribution in [0.4, 0.5) is 0 Å². The average Bonchev–Trinajstić information content (AvgIpc) is 3.30. The van der Waals surface area contributed by atoms with Crippen LogP contribution in [0.1, 0.15) is 50.1 Å². The quantitative estimate of drug-likeness (QED) is 0.682. The molecule has 1 aliphatic carbocycles. The molecule has 1 heterocycles. The van der Waals surface area contributed by atoms with Crippen LogP contribution in [-0.2, 0) is 6.42 Å². The Morgan fingerprint density at radius 2 is 2.08 bits per heavy atom. The van der Waals surface area contributed by atoms with Crippen molar-refractivity contribution in [2.45, 2.75) is 52.1 Å². The summed E-state index contributed by atoms with van der Waals surface area (Å²) in [7, 11) is 0. The van der Waals surface area contributed by atoms with Gasteiger partial charge in [-0.25, -0.2) is 0 Å². The molecule has 0 spiro atoms. The van der Waals surface area contributed by atoms with E-state index >= 15 is 0 Å². The van der Waals surface area contributed by atoms with Gasteiger partial charge in [0.15, 0.2) is 0 Å². The largest absolute Gasteiger partial charge is 0.490 e. The van der Waals surface area contributed by atoms with Crippen LogP contribution in [0.25, 0.3) is 10.6 Å². The van der Waals surface area contributed by atoms with E-state index in [1.807, 2.05) is 32.0 Å². The summed E-state index contributed by atoms with van der Waals surface area (Å²) < 4.78 is 5.67. The van der Waals surface area contributed by atoms with Gasteiger partial charge in [0.25, 0.3) is 0 Å². The highest BCUT2D eigenvalue weighted by Crippen LogP contribution is 2.29. The van der Waals surface area contributed by atoms with Crippen molar-refractivity contribution in [3.05, 3.63) is 52.6 Å². The normalized spacial score (nSPS) is 14.2. The minimum atomic E-state index is 0.0343. The fourth-order valence-corrected chi connectivity index (χ4v) is 3.74. The van der Waals surface area contributed by atoms with Crippen LogP contribution >= 0.6 is 11.3 Å². The molecule has 0 saturated heterocycles. The van der Waals surface area contributed by atoms with Gasteiger partial charge in [-0.1, -0.05) is 35.1 Å². The molecule has 1 fully saturated rings. The number of hydrogen-bond donors (Lipinski definition) is 0. The molecule has 134 valence electrons. The summed E-state index contributed by atoms with van der Waals surface area (Å²) in [5.41, 5.74) is 2.97. The third-order valence-corrected chi connectivity index (χ3v) is 5.18. The molecule has 0 bridgehead atoms. The van der Waals surface area contributed by atoms with Gasteiger partial charge in [-0.15, -0.1) is 10.2 Å². The van der Waals surface area contributed by atoms with Crippen molar-refractivity contribution in [3.63, 3.8) is 0 Å². The summed E-state index contributed by atoms with van der Waals surface area (Å²) in [6, 6.07) is 7.79. The molecule has 0 amide bonds. The van der Waals surface area contributed by atoms with Crippen molar-refractivity contribution in [3.8, 4) is 22.4 Å². The van der Waals surface area contributed by atoms with Crippen molar-refractivity contribution in [1.82, 2.24) is 10.2 Å². The lowest BCUT2D eigenvalue weighted by Gasteiger charge is -2.11. The molecule has 3 rings (SSSR count). The smallest absolute Gasteiger partial charge is 0.147 e. The predicted molar refractivity (Wildman–Crippen MR) is 105 cm³/mol. The molecule has 0 aliphatic heterocycles. The molecular weight excluding hydrogens is 342 g/mol. The van der Waals surface area contributed by atoms with E-state index in [0.29, 0.717) is 11.3 Å².